The van der Waals surface area contributed by atoms with Crippen LogP contribution in [0.1, 0.15) is 42.2 Å². The maximum atomic E-state index is 13.2. The van der Waals surface area contributed by atoms with Crippen LogP contribution in [-0.2, 0) is 24.0 Å². The Kier molecular flexibility index (Phi) is 6.16. The molecule has 0 saturated carbocycles. The lowest BCUT2D eigenvalue weighted by molar-refractivity contribution is 0.0174. The predicted octanol–water partition coefficient (Wildman–Crippen LogP) is 4.14. The smallest absolute Gasteiger partial charge is 0.270 e. The lowest BCUT2D eigenvalue weighted by Gasteiger charge is -2.10. The van der Waals surface area contributed by atoms with Crippen molar-refractivity contribution in [2.45, 2.75) is 39.9 Å². The Morgan fingerprint density at radius 3 is 2.48 bits per heavy atom. The Labute approximate surface area is 166 Å². The van der Waals surface area contributed by atoms with Gasteiger partial charge in [0.1, 0.15) is 12.4 Å². The molecule has 0 unspecified atom stereocenters. The highest BCUT2D eigenvalue weighted by molar-refractivity contribution is 5.98. The van der Waals surface area contributed by atoms with E-state index in [0.717, 1.165) is 23.9 Å². The summed E-state index contributed by atoms with van der Waals surface area (Å²) in [5.74, 6) is -1.14. The van der Waals surface area contributed by atoms with Gasteiger partial charge in [0.25, 0.3) is 5.92 Å². The van der Waals surface area contributed by atoms with Gasteiger partial charge in [-0.15, -0.1) is 0 Å². The number of pyridine rings is 1. The zero-order valence-corrected chi connectivity index (χ0v) is 16.3. The van der Waals surface area contributed by atoms with Gasteiger partial charge in [-0.05, 0) is 25.5 Å². The Morgan fingerprint density at radius 2 is 1.90 bits per heavy atom. The molecule has 0 aliphatic carbocycles. The number of aryl methyl sites for hydroxylation is 1. The van der Waals surface area contributed by atoms with E-state index < -0.39 is 5.92 Å². The summed E-state index contributed by atoms with van der Waals surface area (Å²) in [5.41, 5.74) is 2.11. The molecule has 29 heavy (non-hydrogen) atoms. The van der Waals surface area contributed by atoms with Gasteiger partial charge in [-0.2, -0.15) is 5.10 Å². The minimum Gasteiger partial charge on any atom is -0.469 e. The van der Waals surface area contributed by atoms with Crippen LogP contribution in [0.25, 0.3) is 0 Å². The summed E-state index contributed by atoms with van der Waals surface area (Å²) in [6.45, 7) is 4.86. The van der Waals surface area contributed by atoms with E-state index in [1.54, 1.807) is 31.3 Å². The number of benzene rings is 1. The monoisotopic (exact) mass is 401 g/mol. The molecule has 0 atom stereocenters. The normalized spacial score (nSPS) is 12.1. The highest BCUT2D eigenvalue weighted by Gasteiger charge is 2.23. The zero-order chi connectivity index (χ0) is 20.9. The van der Waals surface area contributed by atoms with Crippen molar-refractivity contribution < 1.29 is 18.4 Å². The molecule has 1 N–H and O–H groups in total. The van der Waals surface area contributed by atoms with Crippen molar-refractivity contribution in [1.82, 2.24) is 20.2 Å². The van der Waals surface area contributed by atoms with Crippen LogP contribution in [0.5, 0.6) is 5.88 Å². The van der Waals surface area contributed by atoms with Crippen LogP contribution in [0.15, 0.2) is 47.8 Å². The minimum atomic E-state index is -2.86. The zero-order valence-electron chi connectivity index (χ0n) is 16.3. The molecule has 0 amide bonds. The van der Waals surface area contributed by atoms with E-state index in [1.165, 1.54) is 12.1 Å². The number of nitrogens with zero attached hydrogens (tertiary/aromatic N) is 4. The SMILES string of the molecule is CC(=NOCc1ccc(C(C)(F)F)cc1)c1ccc(OCc2n[nH]c(C)n2)nc1. The number of oxime groups is 1. The van der Waals surface area contributed by atoms with E-state index in [1.807, 2.05) is 13.0 Å². The number of ether oxygens (including phenoxy) is 1. The van der Waals surface area contributed by atoms with E-state index >= 15 is 0 Å². The van der Waals surface area contributed by atoms with Crippen molar-refractivity contribution in [2.24, 2.45) is 5.16 Å². The van der Waals surface area contributed by atoms with Crippen molar-refractivity contribution in [3.8, 4) is 5.88 Å². The lowest BCUT2D eigenvalue weighted by Crippen LogP contribution is -2.06. The number of halogens is 2. The number of H-pyrrole nitrogens is 1. The second-order valence-electron chi connectivity index (χ2n) is 6.55. The molecule has 152 valence electrons. The maximum Gasteiger partial charge on any atom is 0.270 e. The van der Waals surface area contributed by atoms with Crippen LogP contribution in [-0.4, -0.2) is 25.9 Å². The fourth-order valence-corrected chi connectivity index (χ4v) is 2.42. The number of hydrogen-bond acceptors (Lipinski definition) is 6. The average molecular weight is 401 g/mol. The Balaban J connectivity index is 1.51. The molecule has 0 radical (unpaired) electrons. The standard InChI is InChI=1S/C20H21F2N5O2/c1-13(27-29-11-15-4-7-17(8-5-15)20(3,21)22)16-6-9-19(23-10-16)28-12-18-24-14(2)25-26-18/h4-10H,11-12H2,1-3H3,(H,24,25,26). The van der Waals surface area contributed by atoms with Gasteiger partial charge in [-0.1, -0.05) is 29.4 Å². The maximum absolute atomic E-state index is 13.2. The molecule has 9 heteroatoms. The fraction of sp³-hybridized carbons (Fsp3) is 0.300. The van der Waals surface area contributed by atoms with Gasteiger partial charge in [-0.25, -0.2) is 18.7 Å². The number of alkyl halides is 2. The number of hydrogen-bond donors (Lipinski definition) is 1. The largest absolute Gasteiger partial charge is 0.469 e. The van der Waals surface area contributed by atoms with Gasteiger partial charge in [0.15, 0.2) is 12.4 Å². The van der Waals surface area contributed by atoms with Crippen LogP contribution in [0, 0.1) is 6.92 Å². The quantitative estimate of drug-likeness (QED) is 0.453. The van der Waals surface area contributed by atoms with Crippen molar-refractivity contribution in [3.63, 3.8) is 0 Å². The summed E-state index contributed by atoms with van der Waals surface area (Å²) >= 11 is 0. The van der Waals surface area contributed by atoms with Gasteiger partial charge >= 0.3 is 0 Å². The van der Waals surface area contributed by atoms with Crippen LogP contribution in [0.4, 0.5) is 8.78 Å². The molecule has 0 bridgehead atoms. The molecule has 1 aromatic carbocycles. The second-order valence-corrected chi connectivity index (χ2v) is 6.55. The molecule has 0 aliphatic heterocycles. The number of nitrogens with one attached hydrogen (secondary N) is 1. The molecule has 0 fully saturated rings. The van der Waals surface area contributed by atoms with Gasteiger partial charge < -0.3 is 9.57 Å². The summed E-state index contributed by atoms with van der Waals surface area (Å²) in [7, 11) is 0. The van der Waals surface area contributed by atoms with E-state index in [-0.39, 0.29) is 18.8 Å². The topological polar surface area (TPSA) is 85.3 Å². The third kappa shape index (κ3) is 5.81. The minimum absolute atomic E-state index is 0.0347. The number of rotatable bonds is 8. The van der Waals surface area contributed by atoms with Crippen molar-refractivity contribution in [2.75, 3.05) is 0 Å². The van der Waals surface area contributed by atoms with E-state index in [9.17, 15) is 8.78 Å². The molecule has 0 aliphatic rings. The van der Waals surface area contributed by atoms with Crippen LogP contribution in [0.2, 0.25) is 0 Å². The number of aromatic nitrogens is 4. The molecule has 2 aromatic heterocycles. The molecule has 0 spiro atoms. The molecule has 3 rings (SSSR count). The number of aromatic amines is 1. The lowest BCUT2D eigenvalue weighted by atomic mass is 10.1. The van der Waals surface area contributed by atoms with Crippen LogP contribution < -0.4 is 4.74 Å². The first-order chi connectivity index (χ1) is 13.8. The highest BCUT2D eigenvalue weighted by atomic mass is 19.3. The predicted molar refractivity (Wildman–Crippen MR) is 103 cm³/mol. The summed E-state index contributed by atoms with van der Waals surface area (Å²) < 4.78 is 32.0. The van der Waals surface area contributed by atoms with E-state index in [4.69, 9.17) is 9.57 Å². The van der Waals surface area contributed by atoms with E-state index in [0.29, 0.717) is 17.4 Å². The van der Waals surface area contributed by atoms with Gasteiger partial charge in [0.2, 0.25) is 5.88 Å². The van der Waals surface area contributed by atoms with Gasteiger partial charge in [0, 0.05) is 30.3 Å². The summed E-state index contributed by atoms with van der Waals surface area (Å²) in [4.78, 5) is 13.7. The fourth-order valence-electron chi connectivity index (χ4n) is 2.42. The molecular weight excluding hydrogens is 380 g/mol. The van der Waals surface area contributed by atoms with Crippen LogP contribution in [0.3, 0.4) is 0 Å². The molecule has 3 aromatic rings. The first kappa shape index (κ1) is 20.4. The first-order valence-corrected chi connectivity index (χ1v) is 8.92. The second kappa shape index (κ2) is 8.76. The third-order valence-electron chi connectivity index (χ3n) is 4.04. The summed E-state index contributed by atoms with van der Waals surface area (Å²) in [6, 6.07) is 9.50. The first-order valence-electron chi connectivity index (χ1n) is 8.92. The average Bonchev–Trinajstić information content (AvgIpc) is 3.11. The molecule has 2 heterocycles. The van der Waals surface area contributed by atoms with Crippen molar-refractivity contribution in [3.05, 3.63) is 70.9 Å². The molecule has 7 nitrogen and oxygen atoms in total. The molecular formula is C20H21F2N5O2. The summed E-state index contributed by atoms with van der Waals surface area (Å²) in [6.07, 6.45) is 1.62. The Morgan fingerprint density at radius 1 is 1.14 bits per heavy atom. The van der Waals surface area contributed by atoms with Gasteiger partial charge in [-0.3, -0.25) is 5.10 Å². The highest BCUT2D eigenvalue weighted by Crippen LogP contribution is 2.26. The molecule has 0 saturated heterocycles. The van der Waals surface area contributed by atoms with Crippen molar-refractivity contribution >= 4 is 5.71 Å². The van der Waals surface area contributed by atoms with Crippen molar-refractivity contribution in [1.29, 1.82) is 0 Å². The van der Waals surface area contributed by atoms with E-state index in [2.05, 4.69) is 25.3 Å². The van der Waals surface area contributed by atoms with Gasteiger partial charge in [0.05, 0.1) is 5.71 Å². The summed E-state index contributed by atoms with van der Waals surface area (Å²) in [5, 5.41) is 10.8. The van der Waals surface area contributed by atoms with Crippen LogP contribution >= 0.6 is 0 Å². The third-order valence-corrected chi connectivity index (χ3v) is 4.04. The Bertz CT molecular complexity index is 964. The Hall–Kier alpha value is -3.36.